The standard InChI is InChI=1S/C14H22O3/c1-4-9-16-12-5-7-13(8-6-12)17-11-14(2,3)10-15/h5-8,15H,4,9-11H2,1-3H3. The first kappa shape index (κ1) is 13.8. The normalized spacial score (nSPS) is 11.3. The lowest BCUT2D eigenvalue weighted by molar-refractivity contribution is 0.0975. The van der Waals surface area contributed by atoms with E-state index in [0.717, 1.165) is 24.5 Å². The molecule has 0 aliphatic heterocycles. The quantitative estimate of drug-likeness (QED) is 0.794. The van der Waals surface area contributed by atoms with Crippen LogP contribution < -0.4 is 9.47 Å². The highest BCUT2D eigenvalue weighted by Gasteiger charge is 2.17. The highest BCUT2D eigenvalue weighted by Crippen LogP contribution is 2.21. The van der Waals surface area contributed by atoms with Crippen molar-refractivity contribution in [1.29, 1.82) is 0 Å². The number of hydrogen-bond donors (Lipinski definition) is 1. The first-order chi connectivity index (χ1) is 8.07. The van der Waals surface area contributed by atoms with Crippen molar-refractivity contribution in [2.75, 3.05) is 19.8 Å². The van der Waals surface area contributed by atoms with E-state index in [9.17, 15) is 0 Å². The molecule has 3 heteroatoms. The molecule has 3 nitrogen and oxygen atoms in total. The summed E-state index contributed by atoms with van der Waals surface area (Å²) in [5, 5.41) is 9.11. The molecule has 17 heavy (non-hydrogen) atoms. The summed E-state index contributed by atoms with van der Waals surface area (Å²) in [6.07, 6.45) is 1.00. The average Bonchev–Trinajstić information content (AvgIpc) is 2.35. The fourth-order valence-corrected chi connectivity index (χ4v) is 1.18. The maximum absolute atomic E-state index is 9.11. The van der Waals surface area contributed by atoms with Crippen molar-refractivity contribution < 1.29 is 14.6 Å². The lowest BCUT2D eigenvalue weighted by atomic mass is 9.97. The van der Waals surface area contributed by atoms with Crippen molar-refractivity contribution in [2.45, 2.75) is 27.2 Å². The largest absolute Gasteiger partial charge is 0.494 e. The molecule has 0 atom stereocenters. The Balaban J connectivity index is 2.45. The molecule has 0 amide bonds. The van der Waals surface area contributed by atoms with Crippen LogP contribution in [0, 0.1) is 5.41 Å². The van der Waals surface area contributed by atoms with Crippen molar-refractivity contribution in [3.8, 4) is 11.5 Å². The second kappa shape index (κ2) is 6.50. The molecule has 96 valence electrons. The molecule has 0 saturated carbocycles. The van der Waals surface area contributed by atoms with Gasteiger partial charge in [-0.05, 0) is 30.7 Å². The molecule has 0 aromatic heterocycles. The van der Waals surface area contributed by atoms with Gasteiger partial charge in [-0.25, -0.2) is 0 Å². The Kier molecular flexibility index (Phi) is 5.29. The lowest BCUT2D eigenvalue weighted by Gasteiger charge is -2.21. The van der Waals surface area contributed by atoms with Crippen LogP contribution in [-0.2, 0) is 0 Å². The van der Waals surface area contributed by atoms with Crippen molar-refractivity contribution in [2.24, 2.45) is 5.41 Å². The Morgan fingerprint density at radius 3 is 2.06 bits per heavy atom. The minimum Gasteiger partial charge on any atom is -0.494 e. The van der Waals surface area contributed by atoms with Gasteiger partial charge in [-0.15, -0.1) is 0 Å². The van der Waals surface area contributed by atoms with Gasteiger partial charge < -0.3 is 14.6 Å². The van der Waals surface area contributed by atoms with Gasteiger partial charge in [0.1, 0.15) is 11.5 Å². The summed E-state index contributed by atoms with van der Waals surface area (Å²) in [6, 6.07) is 7.57. The molecule has 0 aliphatic carbocycles. The third-order valence-corrected chi connectivity index (χ3v) is 2.35. The van der Waals surface area contributed by atoms with Crippen LogP contribution in [0.25, 0.3) is 0 Å². The molecular formula is C14H22O3. The van der Waals surface area contributed by atoms with Crippen LogP contribution in [0.1, 0.15) is 27.2 Å². The number of aliphatic hydroxyl groups is 1. The zero-order valence-corrected chi connectivity index (χ0v) is 10.9. The van der Waals surface area contributed by atoms with Gasteiger partial charge in [-0.1, -0.05) is 20.8 Å². The fraction of sp³-hybridized carbons (Fsp3) is 0.571. The summed E-state index contributed by atoms with van der Waals surface area (Å²) >= 11 is 0. The molecule has 0 fully saturated rings. The molecule has 0 aliphatic rings. The highest BCUT2D eigenvalue weighted by atomic mass is 16.5. The summed E-state index contributed by atoms with van der Waals surface area (Å²) in [5.41, 5.74) is -0.211. The second-order valence-electron chi connectivity index (χ2n) is 4.93. The molecule has 0 unspecified atom stereocenters. The van der Waals surface area contributed by atoms with E-state index in [1.54, 1.807) is 0 Å². The van der Waals surface area contributed by atoms with Crippen LogP contribution in [0.2, 0.25) is 0 Å². The van der Waals surface area contributed by atoms with Crippen LogP contribution >= 0.6 is 0 Å². The van der Waals surface area contributed by atoms with Crippen molar-refractivity contribution in [3.63, 3.8) is 0 Å². The van der Waals surface area contributed by atoms with E-state index in [0.29, 0.717) is 6.61 Å². The number of benzene rings is 1. The van der Waals surface area contributed by atoms with Gasteiger partial charge in [0.15, 0.2) is 0 Å². The molecule has 0 radical (unpaired) electrons. The van der Waals surface area contributed by atoms with E-state index < -0.39 is 0 Å². The van der Waals surface area contributed by atoms with Crippen molar-refractivity contribution in [1.82, 2.24) is 0 Å². The fourth-order valence-electron chi connectivity index (χ4n) is 1.18. The summed E-state index contributed by atoms with van der Waals surface area (Å²) in [7, 11) is 0. The first-order valence-electron chi connectivity index (χ1n) is 6.04. The zero-order valence-electron chi connectivity index (χ0n) is 10.9. The SMILES string of the molecule is CCCOc1ccc(OCC(C)(C)CO)cc1. The van der Waals surface area contributed by atoms with Crippen LogP contribution in [0.3, 0.4) is 0 Å². The molecule has 1 aromatic carbocycles. The van der Waals surface area contributed by atoms with E-state index in [1.165, 1.54) is 0 Å². The summed E-state index contributed by atoms with van der Waals surface area (Å²) in [5.74, 6) is 1.66. The van der Waals surface area contributed by atoms with Gasteiger partial charge in [-0.3, -0.25) is 0 Å². The number of rotatable bonds is 7. The number of ether oxygens (including phenoxy) is 2. The Morgan fingerprint density at radius 2 is 1.59 bits per heavy atom. The molecule has 0 saturated heterocycles. The molecule has 0 heterocycles. The summed E-state index contributed by atoms with van der Waals surface area (Å²) in [6.45, 7) is 7.35. The number of aliphatic hydroxyl groups excluding tert-OH is 1. The van der Waals surface area contributed by atoms with Crippen molar-refractivity contribution >= 4 is 0 Å². The highest BCUT2D eigenvalue weighted by molar-refractivity contribution is 5.31. The zero-order chi connectivity index (χ0) is 12.7. The third kappa shape index (κ3) is 5.09. The Labute approximate surface area is 103 Å². The lowest BCUT2D eigenvalue weighted by Crippen LogP contribution is -2.25. The van der Waals surface area contributed by atoms with E-state index in [-0.39, 0.29) is 12.0 Å². The van der Waals surface area contributed by atoms with Crippen LogP contribution in [0.5, 0.6) is 11.5 Å². The third-order valence-electron chi connectivity index (χ3n) is 2.35. The van der Waals surface area contributed by atoms with Crippen LogP contribution in [0.4, 0.5) is 0 Å². The second-order valence-corrected chi connectivity index (χ2v) is 4.93. The molecule has 0 spiro atoms. The number of hydrogen-bond acceptors (Lipinski definition) is 3. The van der Waals surface area contributed by atoms with Gasteiger partial charge in [0.05, 0.1) is 19.8 Å². The van der Waals surface area contributed by atoms with Gasteiger partial charge in [0.2, 0.25) is 0 Å². The topological polar surface area (TPSA) is 38.7 Å². The molecule has 1 aromatic rings. The van der Waals surface area contributed by atoms with Gasteiger partial charge >= 0.3 is 0 Å². The molecule has 0 bridgehead atoms. The predicted octanol–water partition coefficient (Wildman–Crippen LogP) is 2.87. The minimum atomic E-state index is -0.211. The maximum Gasteiger partial charge on any atom is 0.119 e. The maximum atomic E-state index is 9.11. The smallest absolute Gasteiger partial charge is 0.119 e. The first-order valence-corrected chi connectivity index (χ1v) is 6.04. The molecular weight excluding hydrogens is 216 g/mol. The Morgan fingerprint density at radius 1 is 1.06 bits per heavy atom. The Hall–Kier alpha value is -1.22. The minimum absolute atomic E-state index is 0.116. The monoisotopic (exact) mass is 238 g/mol. The molecule has 1 rings (SSSR count). The van der Waals surface area contributed by atoms with Gasteiger partial charge in [-0.2, -0.15) is 0 Å². The summed E-state index contributed by atoms with van der Waals surface area (Å²) < 4.78 is 11.1. The van der Waals surface area contributed by atoms with Gasteiger partial charge in [0, 0.05) is 5.41 Å². The molecule has 1 N–H and O–H groups in total. The van der Waals surface area contributed by atoms with Crippen molar-refractivity contribution in [3.05, 3.63) is 24.3 Å². The average molecular weight is 238 g/mol. The summed E-state index contributed by atoms with van der Waals surface area (Å²) in [4.78, 5) is 0. The van der Waals surface area contributed by atoms with Crippen LogP contribution in [-0.4, -0.2) is 24.9 Å². The Bertz CT molecular complexity index is 317. The van der Waals surface area contributed by atoms with Crippen LogP contribution in [0.15, 0.2) is 24.3 Å². The van der Waals surface area contributed by atoms with E-state index in [1.807, 2.05) is 38.1 Å². The van der Waals surface area contributed by atoms with E-state index in [2.05, 4.69) is 6.92 Å². The van der Waals surface area contributed by atoms with E-state index >= 15 is 0 Å². The van der Waals surface area contributed by atoms with Gasteiger partial charge in [0.25, 0.3) is 0 Å². The van der Waals surface area contributed by atoms with E-state index in [4.69, 9.17) is 14.6 Å². The predicted molar refractivity (Wildman–Crippen MR) is 68.6 cm³/mol.